The highest BCUT2D eigenvalue weighted by molar-refractivity contribution is 8.00. The molecule has 0 spiro atoms. The summed E-state index contributed by atoms with van der Waals surface area (Å²) < 4.78 is 0.112. The average molecular weight is 193 g/mol. The Balaban J connectivity index is 2.86. The first-order valence-electron chi connectivity index (χ1n) is 3.92. The van der Waals surface area contributed by atoms with Crippen LogP contribution in [0, 0.1) is 11.3 Å². The molecule has 1 rings (SSSR count). The van der Waals surface area contributed by atoms with Crippen LogP contribution in [0.5, 0.6) is 0 Å². The molecule has 0 saturated heterocycles. The maximum Gasteiger partial charge on any atom is 0.144 e. The number of nitrogens with zero attached hydrogens (tertiary/aromatic N) is 3. The predicted molar refractivity (Wildman–Crippen MR) is 52.4 cm³/mol. The molecule has 68 valence electrons. The summed E-state index contributed by atoms with van der Waals surface area (Å²) in [5, 5.41) is 9.46. The molecule has 13 heavy (non-hydrogen) atoms. The van der Waals surface area contributed by atoms with Gasteiger partial charge in [0.15, 0.2) is 0 Å². The highest BCUT2D eigenvalue weighted by Crippen LogP contribution is 2.29. The van der Waals surface area contributed by atoms with Gasteiger partial charge in [0.25, 0.3) is 0 Å². The molecule has 0 aliphatic carbocycles. The lowest BCUT2D eigenvalue weighted by Crippen LogP contribution is -2.07. The molecular weight excluding hydrogens is 182 g/mol. The summed E-state index contributed by atoms with van der Waals surface area (Å²) in [5.41, 5.74) is 0.418. The second kappa shape index (κ2) is 3.75. The normalized spacial score (nSPS) is 10.9. The van der Waals surface area contributed by atoms with Crippen molar-refractivity contribution in [1.29, 1.82) is 5.26 Å². The van der Waals surface area contributed by atoms with Gasteiger partial charge in [-0.25, -0.2) is 9.97 Å². The molecule has 0 aliphatic rings. The average Bonchev–Trinajstić information content (AvgIpc) is 2.01. The van der Waals surface area contributed by atoms with Gasteiger partial charge in [-0.15, -0.1) is 11.8 Å². The van der Waals surface area contributed by atoms with Crippen molar-refractivity contribution in [2.75, 3.05) is 0 Å². The van der Waals surface area contributed by atoms with E-state index in [1.807, 2.05) is 6.07 Å². The highest BCUT2D eigenvalue weighted by Gasteiger charge is 2.13. The van der Waals surface area contributed by atoms with Crippen LogP contribution in [-0.2, 0) is 0 Å². The first kappa shape index (κ1) is 10.0. The Morgan fingerprint density at radius 1 is 1.38 bits per heavy atom. The van der Waals surface area contributed by atoms with Gasteiger partial charge in [0.05, 0.1) is 0 Å². The summed E-state index contributed by atoms with van der Waals surface area (Å²) in [4.78, 5) is 7.88. The van der Waals surface area contributed by atoms with E-state index in [1.165, 1.54) is 6.33 Å². The molecule has 0 fully saturated rings. The van der Waals surface area contributed by atoms with E-state index >= 15 is 0 Å². The van der Waals surface area contributed by atoms with Crippen LogP contribution in [0.15, 0.2) is 17.4 Å². The van der Waals surface area contributed by atoms with Gasteiger partial charge in [0, 0.05) is 10.8 Å². The van der Waals surface area contributed by atoms with Gasteiger partial charge in [-0.05, 0) is 0 Å². The van der Waals surface area contributed by atoms with E-state index in [1.54, 1.807) is 17.8 Å². The van der Waals surface area contributed by atoms with E-state index in [0.29, 0.717) is 5.69 Å². The number of nitriles is 1. The Labute approximate surface area is 82.2 Å². The zero-order valence-corrected chi connectivity index (χ0v) is 8.72. The van der Waals surface area contributed by atoms with Crippen molar-refractivity contribution in [2.45, 2.75) is 30.5 Å². The molecule has 0 atom stereocenters. The van der Waals surface area contributed by atoms with Crippen LogP contribution in [0.4, 0.5) is 0 Å². The summed E-state index contributed by atoms with van der Waals surface area (Å²) >= 11 is 1.63. The first-order chi connectivity index (χ1) is 6.01. The van der Waals surface area contributed by atoms with E-state index in [2.05, 4.69) is 30.7 Å². The Morgan fingerprint density at radius 2 is 2.08 bits per heavy atom. The summed E-state index contributed by atoms with van der Waals surface area (Å²) in [5.74, 6) is 0. The molecule has 0 aromatic carbocycles. The van der Waals surface area contributed by atoms with Crippen LogP contribution in [-0.4, -0.2) is 14.7 Å². The zero-order chi connectivity index (χ0) is 9.90. The smallest absolute Gasteiger partial charge is 0.144 e. The third kappa shape index (κ3) is 3.43. The quantitative estimate of drug-likeness (QED) is 0.507. The van der Waals surface area contributed by atoms with Gasteiger partial charge in [-0.1, -0.05) is 20.8 Å². The molecule has 0 radical (unpaired) electrons. The van der Waals surface area contributed by atoms with Crippen molar-refractivity contribution in [3.8, 4) is 6.07 Å². The zero-order valence-electron chi connectivity index (χ0n) is 7.90. The van der Waals surface area contributed by atoms with Crippen LogP contribution < -0.4 is 0 Å². The molecule has 4 heteroatoms. The van der Waals surface area contributed by atoms with Crippen molar-refractivity contribution in [2.24, 2.45) is 0 Å². The second-order valence-electron chi connectivity index (χ2n) is 3.57. The van der Waals surface area contributed by atoms with Gasteiger partial charge < -0.3 is 0 Å². The lowest BCUT2D eigenvalue weighted by atomic mass is 10.3. The number of thioether (sulfide) groups is 1. The fourth-order valence-electron chi connectivity index (χ4n) is 0.770. The Bertz CT molecular complexity index is 335. The number of hydrogen-bond acceptors (Lipinski definition) is 4. The first-order valence-corrected chi connectivity index (χ1v) is 4.74. The Kier molecular flexibility index (Phi) is 2.89. The van der Waals surface area contributed by atoms with E-state index in [9.17, 15) is 0 Å². The standard InChI is InChI=1S/C9H11N3S/c1-9(2,3)13-8-4-7(5-10)11-6-12-8/h4,6H,1-3H3. The lowest BCUT2D eigenvalue weighted by Gasteiger charge is -2.16. The number of aromatic nitrogens is 2. The summed E-state index contributed by atoms with van der Waals surface area (Å²) in [6.45, 7) is 6.31. The number of hydrogen-bond donors (Lipinski definition) is 0. The maximum atomic E-state index is 8.61. The second-order valence-corrected chi connectivity index (χ2v) is 5.41. The number of rotatable bonds is 1. The molecule has 1 heterocycles. The summed E-state index contributed by atoms with van der Waals surface area (Å²) in [7, 11) is 0. The molecule has 0 bridgehead atoms. The van der Waals surface area contributed by atoms with E-state index < -0.39 is 0 Å². The van der Waals surface area contributed by atoms with E-state index in [0.717, 1.165) is 5.03 Å². The van der Waals surface area contributed by atoms with Crippen molar-refractivity contribution >= 4 is 11.8 Å². The van der Waals surface area contributed by atoms with Crippen LogP contribution in [0.25, 0.3) is 0 Å². The van der Waals surface area contributed by atoms with E-state index in [4.69, 9.17) is 5.26 Å². The predicted octanol–water partition coefficient (Wildman–Crippen LogP) is 2.24. The van der Waals surface area contributed by atoms with Crippen LogP contribution in [0.1, 0.15) is 26.5 Å². The monoisotopic (exact) mass is 193 g/mol. The molecule has 0 saturated carbocycles. The van der Waals surface area contributed by atoms with Crippen LogP contribution in [0.3, 0.4) is 0 Å². The Morgan fingerprint density at radius 3 is 2.62 bits per heavy atom. The molecule has 1 aromatic rings. The van der Waals surface area contributed by atoms with Gasteiger partial charge >= 0.3 is 0 Å². The Hall–Kier alpha value is -1.08. The largest absolute Gasteiger partial charge is 0.230 e. The van der Waals surface area contributed by atoms with Gasteiger partial charge in [0.2, 0.25) is 0 Å². The van der Waals surface area contributed by atoms with Gasteiger partial charge in [0.1, 0.15) is 23.1 Å². The highest BCUT2D eigenvalue weighted by atomic mass is 32.2. The maximum absolute atomic E-state index is 8.61. The van der Waals surface area contributed by atoms with Crippen molar-refractivity contribution < 1.29 is 0 Å². The fourth-order valence-corrected chi connectivity index (χ4v) is 1.67. The van der Waals surface area contributed by atoms with Crippen molar-refractivity contribution in [3.05, 3.63) is 18.1 Å². The minimum atomic E-state index is 0.112. The molecular formula is C9H11N3S. The molecule has 0 unspecified atom stereocenters. The summed E-state index contributed by atoms with van der Waals surface area (Å²) in [6.07, 6.45) is 1.42. The molecule has 1 aromatic heterocycles. The molecule has 0 amide bonds. The topological polar surface area (TPSA) is 49.6 Å². The lowest BCUT2D eigenvalue weighted by molar-refractivity contribution is 0.798. The van der Waals surface area contributed by atoms with Gasteiger partial charge in [-0.2, -0.15) is 5.26 Å². The minimum absolute atomic E-state index is 0.112. The molecule has 0 aliphatic heterocycles. The summed E-state index contributed by atoms with van der Waals surface area (Å²) in [6, 6.07) is 3.69. The van der Waals surface area contributed by atoms with Crippen molar-refractivity contribution in [3.63, 3.8) is 0 Å². The van der Waals surface area contributed by atoms with Crippen LogP contribution >= 0.6 is 11.8 Å². The SMILES string of the molecule is CC(C)(C)Sc1cc(C#N)ncn1. The fraction of sp³-hybridized carbons (Fsp3) is 0.444. The molecule has 3 nitrogen and oxygen atoms in total. The van der Waals surface area contributed by atoms with Crippen molar-refractivity contribution in [1.82, 2.24) is 9.97 Å². The third-order valence-corrected chi connectivity index (χ3v) is 2.21. The van der Waals surface area contributed by atoms with Gasteiger partial charge in [-0.3, -0.25) is 0 Å². The van der Waals surface area contributed by atoms with E-state index in [-0.39, 0.29) is 4.75 Å². The minimum Gasteiger partial charge on any atom is -0.230 e. The van der Waals surface area contributed by atoms with Crippen LogP contribution in [0.2, 0.25) is 0 Å². The molecule has 0 N–H and O–H groups in total. The third-order valence-electron chi connectivity index (χ3n) is 1.17.